The van der Waals surface area contributed by atoms with Crippen LogP contribution < -0.4 is 11.1 Å². The van der Waals surface area contributed by atoms with Gasteiger partial charge >= 0.3 is 0 Å². The minimum Gasteiger partial charge on any atom is -0.323 e. The molecule has 0 aromatic carbocycles. The van der Waals surface area contributed by atoms with Crippen LogP contribution in [0.4, 0.5) is 0 Å². The van der Waals surface area contributed by atoms with Crippen LogP contribution in [-0.2, 0) is 9.59 Å². The highest BCUT2D eigenvalue weighted by Gasteiger charge is 2.41. The van der Waals surface area contributed by atoms with Crippen molar-refractivity contribution in [2.45, 2.75) is 12.5 Å². The normalized spacial score (nSPS) is 29.9. The molecule has 0 saturated heterocycles. The minimum atomic E-state index is -0.307. The largest absolute Gasteiger partial charge is 0.323 e. The van der Waals surface area contributed by atoms with Gasteiger partial charge in [0.15, 0.2) is 0 Å². The highest BCUT2D eigenvalue weighted by Crippen LogP contribution is 2.30. The Balaban J connectivity index is 2.45. The molecule has 1 unspecified atom stereocenters. The van der Waals surface area contributed by atoms with Gasteiger partial charge in [0.1, 0.15) is 0 Å². The number of carbonyl (C=O) groups is 2. The first-order valence-corrected chi connectivity index (χ1v) is 3.04. The Morgan fingerprint density at radius 3 is 2.50 bits per heavy atom. The third-order valence-electron chi connectivity index (χ3n) is 1.87. The van der Waals surface area contributed by atoms with Crippen LogP contribution >= 0.6 is 0 Å². The maximum atomic E-state index is 10.8. The Hall–Kier alpha value is -1.16. The Morgan fingerprint density at radius 2 is 2.10 bits per heavy atom. The molecule has 2 aliphatic rings. The van der Waals surface area contributed by atoms with Crippen molar-refractivity contribution in [2.75, 3.05) is 0 Å². The maximum Gasteiger partial charge on any atom is 0.256 e. The summed E-state index contributed by atoms with van der Waals surface area (Å²) < 4.78 is 0. The summed E-state index contributed by atoms with van der Waals surface area (Å²) in [7, 11) is 0. The molecule has 4 heteroatoms. The van der Waals surface area contributed by atoms with Gasteiger partial charge in [-0.05, 0) is 6.42 Å². The number of carbonyl (C=O) groups excluding carboxylic acids is 2. The molecule has 1 aliphatic carbocycles. The molecule has 0 aromatic rings. The SMILES string of the molecule is NC1CC2=C1C(=O)NC2=O. The quantitative estimate of drug-likeness (QED) is 0.407. The zero-order chi connectivity index (χ0) is 7.30. The molecule has 1 aliphatic heterocycles. The Morgan fingerprint density at radius 1 is 1.40 bits per heavy atom. The fourth-order valence-electron chi connectivity index (χ4n) is 1.29. The van der Waals surface area contributed by atoms with Crippen molar-refractivity contribution in [3.05, 3.63) is 11.1 Å². The summed E-state index contributed by atoms with van der Waals surface area (Å²) in [6.07, 6.45) is 0.549. The summed E-state index contributed by atoms with van der Waals surface area (Å²) >= 11 is 0. The first-order valence-electron chi connectivity index (χ1n) is 3.04. The molecular formula is C6H6N2O2. The van der Waals surface area contributed by atoms with E-state index in [1.165, 1.54) is 0 Å². The zero-order valence-electron chi connectivity index (χ0n) is 5.18. The summed E-state index contributed by atoms with van der Waals surface area (Å²) in [4.78, 5) is 21.5. The van der Waals surface area contributed by atoms with Crippen LogP contribution in [0, 0.1) is 0 Å². The average Bonchev–Trinajstić information content (AvgIpc) is 2.01. The van der Waals surface area contributed by atoms with Gasteiger partial charge in [0.05, 0.1) is 0 Å². The fraction of sp³-hybridized carbons (Fsp3) is 0.333. The molecule has 1 atom stereocenters. The van der Waals surface area contributed by atoms with E-state index in [4.69, 9.17) is 5.73 Å². The van der Waals surface area contributed by atoms with E-state index in [0.717, 1.165) is 0 Å². The molecule has 0 saturated carbocycles. The van der Waals surface area contributed by atoms with E-state index in [2.05, 4.69) is 5.32 Å². The Kier molecular flexibility index (Phi) is 0.820. The van der Waals surface area contributed by atoms with Crippen LogP contribution in [0.2, 0.25) is 0 Å². The Labute approximate surface area is 57.1 Å². The van der Waals surface area contributed by atoms with Gasteiger partial charge in [-0.25, -0.2) is 0 Å². The summed E-state index contributed by atoms with van der Waals surface area (Å²) in [6.45, 7) is 0. The van der Waals surface area contributed by atoms with Gasteiger partial charge in [-0.3, -0.25) is 14.9 Å². The molecule has 4 nitrogen and oxygen atoms in total. The summed E-state index contributed by atoms with van der Waals surface area (Å²) in [6, 6.07) is -0.207. The summed E-state index contributed by atoms with van der Waals surface area (Å²) in [5.74, 6) is -0.569. The molecule has 0 spiro atoms. The van der Waals surface area contributed by atoms with Gasteiger partial charge in [0.25, 0.3) is 11.8 Å². The first kappa shape index (κ1) is 5.61. The second kappa shape index (κ2) is 1.46. The van der Waals surface area contributed by atoms with Crippen molar-refractivity contribution in [1.29, 1.82) is 0 Å². The van der Waals surface area contributed by atoms with E-state index in [9.17, 15) is 9.59 Å². The first-order chi connectivity index (χ1) is 4.70. The smallest absolute Gasteiger partial charge is 0.256 e. The monoisotopic (exact) mass is 138 g/mol. The summed E-state index contributed by atoms with van der Waals surface area (Å²) in [5, 5.41) is 2.18. The molecule has 2 rings (SSSR count). The lowest BCUT2D eigenvalue weighted by Gasteiger charge is -2.20. The van der Waals surface area contributed by atoms with E-state index in [1.807, 2.05) is 0 Å². The van der Waals surface area contributed by atoms with Crippen LogP contribution in [0.5, 0.6) is 0 Å². The lowest BCUT2D eigenvalue weighted by atomic mass is 9.85. The summed E-state index contributed by atoms with van der Waals surface area (Å²) in [5.41, 5.74) is 6.52. The fourth-order valence-corrected chi connectivity index (χ4v) is 1.29. The van der Waals surface area contributed by atoms with Crippen LogP contribution in [0.3, 0.4) is 0 Å². The number of nitrogens with two attached hydrogens (primary N) is 1. The Bertz CT molecular complexity index is 267. The van der Waals surface area contributed by atoms with Crippen LogP contribution in [0.25, 0.3) is 0 Å². The highest BCUT2D eigenvalue weighted by atomic mass is 16.2. The number of imide groups is 1. The van der Waals surface area contributed by atoms with Gasteiger partial charge in [-0.2, -0.15) is 0 Å². The predicted octanol–water partition coefficient (Wildman–Crippen LogP) is -1.33. The van der Waals surface area contributed by atoms with Crippen molar-refractivity contribution < 1.29 is 9.59 Å². The minimum absolute atomic E-state index is 0.207. The molecule has 0 bridgehead atoms. The van der Waals surface area contributed by atoms with E-state index in [1.54, 1.807) is 0 Å². The third kappa shape index (κ3) is 0.447. The molecule has 1 heterocycles. The van der Waals surface area contributed by atoms with Crippen molar-refractivity contribution >= 4 is 11.8 Å². The van der Waals surface area contributed by atoms with Gasteiger partial charge in [-0.1, -0.05) is 0 Å². The molecule has 0 fully saturated rings. The maximum absolute atomic E-state index is 10.8. The number of rotatable bonds is 0. The predicted molar refractivity (Wildman–Crippen MR) is 32.8 cm³/mol. The number of hydrogen-bond donors (Lipinski definition) is 2. The van der Waals surface area contributed by atoms with Gasteiger partial charge in [-0.15, -0.1) is 0 Å². The second-order valence-electron chi connectivity index (χ2n) is 2.49. The van der Waals surface area contributed by atoms with Crippen LogP contribution in [-0.4, -0.2) is 17.9 Å². The van der Waals surface area contributed by atoms with Gasteiger partial charge in [0, 0.05) is 17.2 Å². The standard InChI is InChI=1S/C6H6N2O2/c7-3-1-2-4(3)6(10)8-5(2)9/h3H,1,7H2,(H,8,9,10). The van der Waals surface area contributed by atoms with Crippen molar-refractivity contribution in [3.63, 3.8) is 0 Å². The molecule has 10 heavy (non-hydrogen) atoms. The molecular weight excluding hydrogens is 132 g/mol. The number of nitrogens with one attached hydrogen (secondary N) is 1. The topological polar surface area (TPSA) is 72.2 Å². The van der Waals surface area contributed by atoms with Gasteiger partial charge < -0.3 is 5.73 Å². The van der Waals surface area contributed by atoms with Gasteiger partial charge in [0.2, 0.25) is 0 Å². The van der Waals surface area contributed by atoms with Crippen LogP contribution in [0.15, 0.2) is 11.1 Å². The van der Waals surface area contributed by atoms with E-state index in [0.29, 0.717) is 17.6 Å². The lowest BCUT2D eigenvalue weighted by molar-refractivity contribution is -0.123. The molecule has 2 amide bonds. The third-order valence-corrected chi connectivity index (χ3v) is 1.87. The molecule has 3 N–H and O–H groups in total. The second-order valence-corrected chi connectivity index (χ2v) is 2.49. The number of amides is 2. The van der Waals surface area contributed by atoms with E-state index in [-0.39, 0.29) is 17.9 Å². The highest BCUT2D eigenvalue weighted by molar-refractivity contribution is 6.22. The van der Waals surface area contributed by atoms with E-state index >= 15 is 0 Å². The van der Waals surface area contributed by atoms with Crippen molar-refractivity contribution in [3.8, 4) is 0 Å². The molecule has 0 aromatic heterocycles. The zero-order valence-corrected chi connectivity index (χ0v) is 5.18. The van der Waals surface area contributed by atoms with Crippen LogP contribution in [0.1, 0.15) is 6.42 Å². The van der Waals surface area contributed by atoms with Crippen molar-refractivity contribution in [1.82, 2.24) is 5.32 Å². The lowest BCUT2D eigenvalue weighted by Crippen LogP contribution is -2.34. The van der Waals surface area contributed by atoms with Crippen molar-refractivity contribution in [2.24, 2.45) is 5.73 Å². The van der Waals surface area contributed by atoms with E-state index < -0.39 is 0 Å². The molecule has 0 radical (unpaired) electrons. The molecule has 52 valence electrons. The average molecular weight is 138 g/mol. The number of hydrogen-bond acceptors (Lipinski definition) is 3.